The van der Waals surface area contributed by atoms with E-state index in [1.807, 2.05) is 13.0 Å². The zero-order chi connectivity index (χ0) is 25.4. The molecule has 1 aromatic carbocycles. The molecule has 1 N–H and O–H groups in total. The summed E-state index contributed by atoms with van der Waals surface area (Å²) in [6.07, 6.45) is 4.06. The van der Waals surface area contributed by atoms with Gasteiger partial charge in [-0.15, -0.1) is 0 Å². The molecule has 8 nitrogen and oxygen atoms in total. The fourth-order valence-corrected chi connectivity index (χ4v) is 7.07. The Labute approximate surface area is 203 Å². The second-order valence-corrected chi connectivity index (χ2v) is 10.2. The van der Waals surface area contributed by atoms with Crippen LogP contribution in [0.15, 0.2) is 35.4 Å². The number of fused-ring (bicyclic) bond motifs is 4. The fourth-order valence-electron chi connectivity index (χ4n) is 7.07. The van der Waals surface area contributed by atoms with Gasteiger partial charge in [0.2, 0.25) is 11.8 Å². The topological polar surface area (TPSA) is 110 Å². The van der Waals surface area contributed by atoms with E-state index in [0.717, 1.165) is 5.57 Å². The van der Waals surface area contributed by atoms with Gasteiger partial charge in [-0.05, 0) is 37.3 Å². The lowest BCUT2D eigenvalue weighted by molar-refractivity contribution is -0.142. The van der Waals surface area contributed by atoms with Crippen molar-refractivity contribution in [2.75, 3.05) is 21.3 Å². The molecule has 5 rings (SSSR count). The Morgan fingerprint density at radius 2 is 1.66 bits per heavy atom. The molecule has 3 aliphatic carbocycles. The summed E-state index contributed by atoms with van der Waals surface area (Å²) >= 11 is 0. The number of Topliss-reactive ketones (excluding diaryl/α,β-unsaturated/α-hetero) is 1. The quantitative estimate of drug-likeness (QED) is 0.524. The highest BCUT2D eigenvalue weighted by molar-refractivity contribution is 6.13. The maximum absolute atomic E-state index is 13.8. The normalized spacial score (nSPS) is 34.1. The van der Waals surface area contributed by atoms with Crippen molar-refractivity contribution in [3.05, 3.63) is 41.0 Å². The number of aromatic hydroxyl groups is 1. The number of allylic oxidation sites excluding steroid dienone is 4. The number of carbonyl (C=O) groups is 4. The van der Waals surface area contributed by atoms with E-state index in [-0.39, 0.29) is 35.0 Å². The standard InChI is InChI=1S/C27H29NO7/c1-12-8-18(30)17-11-16-14(6-7-15-21(16)26(33)28(3)25(15)32)23(27(17,2)24(12)31)22-19(34-4)9-13(29)10-20(22)35-5/h6,8-10,15-17,21,23,29H,7,11H2,1-5H3/t15-,16+,17-,21-,23+,27+/m0/s1. The van der Waals surface area contributed by atoms with Gasteiger partial charge < -0.3 is 14.6 Å². The summed E-state index contributed by atoms with van der Waals surface area (Å²) in [7, 11) is 4.44. The molecular formula is C27H29NO7. The highest BCUT2D eigenvalue weighted by atomic mass is 16.5. The second kappa shape index (κ2) is 7.80. The molecule has 35 heavy (non-hydrogen) atoms. The molecule has 0 radical (unpaired) electrons. The fraction of sp³-hybridized carbons (Fsp3) is 0.481. The number of carbonyl (C=O) groups excluding carboxylic acids is 4. The smallest absolute Gasteiger partial charge is 0.233 e. The van der Waals surface area contributed by atoms with Crippen LogP contribution in [0.2, 0.25) is 0 Å². The molecule has 1 saturated heterocycles. The van der Waals surface area contributed by atoms with Crippen LogP contribution in [0.3, 0.4) is 0 Å². The average Bonchev–Trinajstić information content (AvgIpc) is 3.05. The molecule has 4 aliphatic rings. The maximum atomic E-state index is 13.8. The van der Waals surface area contributed by atoms with Gasteiger partial charge in [-0.25, -0.2) is 0 Å². The Hall–Kier alpha value is -3.42. The van der Waals surface area contributed by atoms with Gasteiger partial charge in [-0.2, -0.15) is 0 Å². The van der Waals surface area contributed by atoms with Crippen LogP contribution in [0.4, 0.5) is 0 Å². The van der Waals surface area contributed by atoms with Crippen molar-refractivity contribution in [2.24, 2.45) is 29.1 Å². The number of phenolic OH excluding ortho intramolecular Hbond substituents is 1. The minimum atomic E-state index is -1.15. The van der Waals surface area contributed by atoms with Crippen molar-refractivity contribution in [1.29, 1.82) is 0 Å². The van der Waals surface area contributed by atoms with Crippen molar-refractivity contribution >= 4 is 23.4 Å². The van der Waals surface area contributed by atoms with Crippen molar-refractivity contribution in [2.45, 2.75) is 32.6 Å². The number of benzene rings is 1. The lowest BCUT2D eigenvalue weighted by Gasteiger charge is -2.54. The highest BCUT2D eigenvalue weighted by Crippen LogP contribution is 2.64. The predicted molar refractivity (Wildman–Crippen MR) is 125 cm³/mol. The number of ether oxygens (including phenoxy) is 2. The van der Waals surface area contributed by atoms with Crippen LogP contribution in [0.5, 0.6) is 17.2 Å². The Morgan fingerprint density at radius 1 is 1.03 bits per heavy atom. The number of rotatable bonds is 3. The van der Waals surface area contributed by atoms with E-state index in [9.17, 15) is 24.3 Å². The molecule has 1 saturated carbocycles. The molecule has 1 heterocycles. The third-order valence-corrected chi connectivity index (χ3v) is 8.68. The number of likely N-dealkylation sites (tertiary alicyclic amines) is 1. The van der Waals surface area contributed by atoms with E-state index in [1.165, 1.54) is 44.4 Å². The van der Waals surface area contributed by atoms with Crippen molar-refractivity contribution in [3.63, 3.8) is 0 Å². The number of nitrogens with zero attached hydrogens (tertiary/aromatic N) is 1. The Morgan fingerprint density at radius 3 is 2.26 bits per heavy atom. The first kappa shape index (κ1) is 23.3. The summed E-state index contributed by atoms with van der Waals surface area (Å²) in [5.74, 6) is -2.92. The van der Waals surface area contributed by atoms with E-state index in [4.69, 9.17) is 9.47 Å². The first-order valence-electron chi connectivity index (χ1n) is 11.8. The lowest BCUT2D eigenvalue weighted by Crippen LogP contribution is -2.54. The third-order valence-electron chi connectivity index (χ3n) is 8.68. The van der Waals surface area contributed by atoms with Crippen LogP contribution < -0.4 is 9.47 Å². The number of imide groups is 1. The zero-order valence-electron chi connectivity index (χ0n) is 20.5. The van der Waals surface area contributed by atoms with Gasteiger partial charge >= 0.3 is 0 Å². The van der Waals surface area contributed by atoms with Gasteiger partial charge in [-0.3, -0.25) is 24.1 Å². The molecule has 0 spiro atoms. The van der Waals surface area contributed by atoms with E-state index in [0.29, 0.717) is 35.5 Å². The Bertz CT molecular complexity index is 1220. The maximum Gasteiger partial charge on any atom is 0.233 e. The molecule has 1 aromatic rings. The molecular weight excluding hydrogens is 450 g/mol. The lowest BCUT2D eigenvalue weighted by atomic mass is 9.47. The number of phenols is 1. The monoisotopic (exact) mass is 479 g/mol. The summed E-state index contributed by atoms with van der Waals surface area (Å²) in [5.41, 5.74) is 0.630. The Balaban J connectivity index is 1.80. The van der Waals surface area contributed by atoms with Gasteiger partial charge in [0.1, 0.15) is 17.2 Å². The van der Waals surface area contributed by atoms with Crippen molar-refractivity contribution in [1.82, 2.24) is 4.90 Å². The van der Waals surface area contributed by atoms with E-state index < -0.39 is 29.1 Å². The largest absolute Gasteiger partial charge is 0.508 e. The Kier molecular flexibility index (Phi) is 5.20. The predicted octanol–water partition coefficient (Wildman–Crippen LogP) is 2.79. The van der Waals surface area contributed by atoms with Gasteiger partial charge in [0.15, 0.2) is 11.6 Å². The van der Waals surface area contributed by atoms with Crippen molar-refractivity contribution < 1.29 is 33.8 Å². The zero-order valence-corrected chi connectivity index (χ0v) is 20.5. The molecule has 0 bridgehead atoms. The average molecular weight is 480 g/mol. The SMILES string of the molecule is COc1cc(O)cc(OC)c1[C@H]1C2=CC[C@@H]3C(=O)N(C)C(=O)[C@@H]3[C@@H]2C[C@H]2C(=O)C=C(C)C(=O)[C@@]12C. The highest BCUT2D eigenvalue weighted by Gasteiger charge is 2.63. The van der Waals surface area contributed by atoms with E-state index in [2.05, 4.69) is 0 Å². The summed E-state index contributed by atoms with van der Waals surface area (Å²) in [6, 6.07) is 2.92. The number of amides is 2. The molecule has 6 atom stereocenters. The summed E-state index contributed by atoms with van der Waals surface area (Å²) < 4.78 is 11.3. The van der Waals surface area contributed by atoms with E-state index >= 15 is 0 Å². The molecule has 2 amide bonds. The van der Waals surface area contributed by atoms with Crippen LogP contribution in [0.1, 0.15) is 38.2 Å². The molecule has 1 aliphatic heterocycles. The van der Waals surface area contributed by atoms with Crippen LogP contribution in [-0.4, -0.2) is 54.7 Å². The number of hydrogen-bond donors (Lipinski definition) is 1. The first-order chi connectivity index (χ1) is 16.6. The van der Waals surface area contributed by atoms with Gasteiger partial charge in [-0.1, -0.05) is 18.6 Å². The number of hydrogen-bond acceptors (Lipinski definition) is 7. The third kappa shape index (κ3) is 2.98. The number of methoxy groups -OCH3 is 2. The molecule has 184 valence electrons. The first-order valence-corrected chi connectivity index (χ1v) is 11.8. The van der Waals surface area contributed by atoms with E-state index in [1.54, 1.807) is 6.92 Å². The van der Waals surface area contributed by atoms with Gasteiger partial charge in [0.25, 0.3) is 0 Å². The second-order valence-electron chi connectivity index (χ2n) is 10.2. The van der Waals surface area contributed by atoms with Crippen LogP contribution in [0.25, 0.3) is 0 Å². The van der Waals surface area contributed by atoms with Crippen LogP contribution >= 0.6 is 0 Å². The van der Waals surface area contributed by atoms with Crippen LogP contribution in [0, 0.1) is 29.1 Å². The summed E-state index contributed by atoms with van der Waals surface area (Å²) in [5, 5.41) is 10.3. The van der Waals surface area contributed by atoms with Gasteiger partial charge in [0, 0.05) is 36.6 Å². The molecule has 0 unspecified atom stereocenters. The number of ketones is 2. The minimum absolute atomic E-state index is 0.0606. The molecule has 8 heteroatoms. The van der Waals surface area contributed by atoms with Crippen molar-refractivity contribution in [3.8, 4) is 17.2 Å². The summed E-state index contributed by atoms with van der Waals surface area (Å²) in [6.45, 7) is 3.46. The molecule has 2 fully saturated rings. The minimum Gasteiger partial charge on any atom is -0.508 e. The van der Waals surface area contributed by atoms with Crippen LogP contribution in [-0.2, 0) is 19.2 Å². The molecule has 0 aromatic heterocycles. The van der Waals surface area contributed by atoms with Gasteiger partial charge in [0.05, 0.1) is 31.5 Å². The summed E-state index contributed by atoms with van der Waals surface area (Å²) in [4.78, 5) is 54.4.